The Morgan fingerprint density at radius 2 is 1.85 bits per heavy atom. The molecule has 7 rings (SSSR count). The number of methoxy groups -OCH3 is 1. The Kier molecular flexibility index (Phi) is 5.90. The molecular formula is C33H28N4O2S. The van der Waals surface area contributed by atoms with Gasteiger partial charge in [0.15, 0.2) is 4.80 Å². The third kappa shape index (κ3) is 3.80. The number of pyridine rings is 1. The minimum Gasteiger partial charge on any atom is -0.496 e. The number of aromatic nitrogens is 3. The van der Waals surface area contributed by atoms with E-state index >= 15 is 0 Å². The fourth-order valence-electron chi connectivity index (χ4n) is 6.15. The number of para-hydroxylation sites is 1. The van der Waals surface area contributed by atoms with Crippen LogP contribution in [0, 0.1) is 13.8 Å². The van der Waals surface area contributed by atoms with Gasteiger partial charge in [-0.3, -0.25) is 14.3 Å². The summed E-state index contributed by atoms with van der Waals surface area (Å²) in [5, 5.41) is 0. The standard InChI is InChI=1S/C33H28N4O2S/c1-20-17-23(21(2)36(20)24-10-8-16-34-19-24)18-29-32(38)37-31(26-12-6-7-13-28(26)39-3)27-15-14-22-9-4-5-11-25(22)30(27)35-33(37)40-29/h4-13,16-19,31H,14-15H2,1-3H3/b29-18-/t31-/m1/s1. The number of hydrogen-bond donors (Lipinski definition) is 0. The molecule has 1 aliphatic carbocycles. The van der Waals surface area contributed by atoms with Crippen molar-refractivity contribution < 1.29 is 4.74 Å². The Morgan fingerprint density at radius 3 is 2.67 bits per heavy atom. The highest BCUT2D eigenvalue weighted by atomic mass is 32.1. The van der Waals surface area contributed by atoms with Gasteiger partial charge >= 0.3 is 0 Å². The van der Waals surface area contributed by atoms with Gasteiger partial charge in [0, 0.05) is 28.7 Å². The molecule has 0 amide bonds. The molecule has 5 aromatic rings. The largest absolute Gasteiger partial charge is 0.496 e. The highest BCUT2D eigenvalue weighted by Gasteiger charge is 2.34. The lowest BCUT2D eigenvalue weighted by Crippen LogP contribution is -2.39. The zero-order chi connectivity index (χ0) is 27.4. The van der Waals surface area contributed by atoms with Gasteiger partial charge in [-0.15, -0.1) is 0 Å². The van der Waals surface area contributed by atoms with Crippen molar-refractivity contribution in [1.29, 1.82) is 0 Å². The molecule has 4 heterocycles. The Morgan fingerprint density at radius 1 is 1.02 bits per heavy atom. The molecule has 40 heavy (non-hydrogen) atoms. The summed E-state index contributed by atoms with van der Waals surface area (Å²) < 4.78 is 10.5. The van der Waals surface area contributed by atoms with E-state index in [1.807, 2.05) is 47.2 Å². The number of ether oxygens (including phenoxy) is 1. The second-order valence-electron chi connectivity index (χ2n) is 10.2. The summed E-state index contributed by atoms with van der Waals surface area (Å²) in [5.41, 5.74) is 9.71. The molecular weight excluding hydrogens is 516 g/mol. The highest BCUT2D eigenvalue weighted by molar-refractivity contribution is 7.07. The average molecular weight is 545 g/mol. The van der Waals surface area contributed by atoms with E-state index in [0.717, 1.165) is 63.6 Å². The minimum absolute atomic E-state index is 0.0313. The molecule has 6 nitrogen and oxygen atoms in total. The Hall–Kier alpha value is -4.49. The summed E-state index contributed by atoms with van der Waals surface area (Å²) in [6, 6.07) is 22.3. The molecule has 198 valence electrons. The average Bonchev–Trinajstić information content (AvgIpc) is 3.45. The van der Waals surface area contributed by atoms with Gasteiger partial charge in [-0.2, -0.15) is 0 Å². The molecule has 0 saturated heterocycles. The summed E-state index contributed by atoms with van der Waals surface area (Å²) in [6.07, 6.45) is 7.40. The van der Waals surface area contributed by atoms with Crippen LogP contribution in [0.2, 0.25) is 0 Å². The molecule has 2 aliphatic rings. The number of fused-ring (bicyclic) bond motifs is 3. The van der Waals surface area contributed by atoms with Crippen LogP contribution < -0.4 is 19.6 Å². The molecule has 0 N–H and O–H groups in total. The third-order valence-corrected chi connectivity index (χ3v) is 8.95. The Bertz CT molecular complexity index is 2000. The molecule has 0 unspecified atom stereocenters. The van der Waals surface area contributed by atoms with Crippen LogP contribution in [0.15, 0.2) is 94.5 Å². The van der Waals surface area contributed by atoms with Crippen LogP contribution in [0.4, 0.5) is 0 Å². The molecule has 0 fully saturated rings. The van der Waals surface area contributed by atoms with Crippen molar-refractivity contribution in [2.45, 2.75) is 32.7 Å². The molecule has 1 aliphatic heterocycles. The molecule has 0 bridgehead atoms. The molecule has 7 heteroatoms. The maximum atomic E-state index is 14.2. The van der Waals surface area contributed by atoms with E-state index in [4.69, 9.17) is 9.73 Å². The van der Waals surface area contributed by atoms with Gasteiger partial charge in [-0.1, -0.05) is 53.8 Å². The van der Waals surface area contributed by atoms with Crippen LogP contribution in [0.25, 0.3) is 17.5 Å². The fourth-order valence-corrected chi connectivity index (χ4v) is 7.14. The molecule has 0 saturated carbocycles. The van der Waals surface area contributed by atoms with Gasteiger partial charge in [-0.25, -0.2) is 4.99 Å². The fraction of sp³-hybridized carbons (Fsp3) is 0.182. The maximum Gasteiger partial charge on any atom is 0.271 e. The third-order valence-electron chi connectivity index (χ3n) is 7.97. The van der Waals surface area contributed by atoms with Crippen LogP contribution in [0.3, 0.4) is 0 Å². The van der Waals surface area contributed by atoms with Crippen LogP contribution in [-0.2, 0) is 6.42 Å². The first kappa shape index (κ1) is 24.5. The first-order valence-corrected chi connectivity index (χ1v) is 14.2. The SMILES string of the molecule is COc1ccccc1[C@@H]1C2=C(N=c3s/c(=C\c4cc(C)n(-c5cccnc5)c4C)c(=O)n31)c1ccccc1CC2. The predicted molar refractivity (Wildman–Crippen MR) is 159 cm³/mol. The van der Waals surface area contributed by atoms with Gasteiger partial charge in [0.2, 0.25) is 0 Å². The topological polar surface area (TPSA) is 61.4 Å². The van der Waals surface area contributed by atoms with Gasteiger partial charge < -0.3 is 9.30 Å². The lowest BCUT2D eigenvalue weighted by molar-refractivity contribution is 0.402. The summed E-state index contributed by atoms with van der Waals surface area (Å²) in [4.78, 5) is 24.3. The van der Waals surface area contributed by atoms with Gasteiger partial charge in [0.25, 0.3) is 5.56 Å². The number of hydrogen-bond acceptors (Lipinski definition) is 5. The summed E-state index contributed by atoms with van der Waals surface area (Å²) in [7, 11) is 1.69. The van der Waals surface area contributed by atoms with E-state index in [1.54, 1.807) is 13.3 Å². The van der Waals surface area contributed by atoms with E-state index in [-0.39, 0.29) is 11.6 Å². The Balaban J connectivity index is 1.46. The molecule has 0 radical (unpaired) electrons. The van der Waals surface area contributed by atoms with Crippen LogP contribution in [-0.4, -0.2) is 21.2 Å². The first-order valence-electron chi connectivity index (χ1n) is 13.4. The minimum atomic E-state index is -0.277. The van der Waals surface area contributed by atoms with E-state index < -0.39 is 0 Å². The van der Waals surface area contributed by atoms with Gasteiger partial charge in [-0.05, 0) is 73.7 Å². The van der Waals surface area contributed by atoms with Crippen molar-refractivity contribution in [3.8, 4) is 11.4 Å². The van der Waals surface area contributed by atoms with E-state index in [9.17, 15) is 4.79 Å². The number of aryl methyl sites for hydroxylation is 2. The maximum absolute atomic E-state index is 14.2. The number of thiazole rings is 1. The lowest BCUT2D eigenvalue weighted by atomic mass is 9.83. The van der Waals surface area contributed by atoms with Crippen molar-refractivity contribution in [2.24, 2.45) is 4.99 Å². The second-order valence-corrected chi connectivity index (χ2v) is 11.2. The number of rotatable bonds is 4. The van der Waals surface area contributed by atoms with E-state index in [1.165, 1.54) is 16.9 Å². The number of nitrogens with zero attached hydrogens (tertiary/aromatic N) is 4. The Labute approximate surface area is 235 Å². The molecule has 1 atom stereocenters. The quantitative estimate of drug-likeness (QED) is 0.315. The van der Waals surface area contributed by atoms with Crippen LogP contribution in [0.1, 0.15) is 46.1 Å². The van der Waals surface area contributed by atoms with Crippen molar-refractivity contribution >= 4 is 23.1 Å². The second kappa shape index (κ2) is 9.61. The summed E-state index contributed by atoms with van der Waals surface area (Å²) in [5.74, 6) is 0.773. The lowest BCUT2D eigenvalue weighted by Gasteiger charge is -2.31. The number of allylic oxidation sites excluding steroid dienone is 1. The monoisotopic (exact) mass is 544 g/mol. The van der Waals surface area contributed by atoms with Crippen LogP contribution >= 0.6 is 11.3 Å². The molecule has 0 spiro atoms. The smallest absolute Gasteiger partial charge is 0.271 e. The summed E-state index contributed by atoms with van der Waals surface area (Å²) in [6.45, 7) is 4.16. The van der Waals surface area contributed by atoms with Crippen molar-refractivity contribution in [2.75, 3.05) is 7.11 Å². The zero-order valence-corrected chi connectivity index (χ0v) is 23.4. The normalized spacial score (nSPS) is 16.3. The molecule has 2 aromatic carbocycles. The summed E-state index contributed by atoms with van der Waals surface area (Å²) >= 11 is 1.45. The van der Waals surface area contributed by atoms with Crippen molar-refractivity contribution in [3.63, 3.8) is 0 Å². The van der Waals surface area contributed by atoms with Crippen LogP contribution in [0.5, 0.6) is 5.75 Å². The highest BCUT2D eigenvalue weighted by Crippen LogP contribution is 2.43. The zero-order valence-electron chi connectivity index (χ0n) is 22.6. The van der Waals surface area contributed by atoms with Crippen molar-refractivity contribution in [3.05, 3.63) is 138 Å². The van der Waals surface area contributed by atoms with E-state index in [2.05, 4.69) is 59.8 Å². The van der Waals surface area contributed by atoms with Gasteiger partial charge in [0.1, 0.15) is 5.75 Å². The van der Waals surface area contributed by atoms with E-state index in [0.29, 0.717) is 9.33 Å². The predicted octanol–water partition coefficient (Wildman–Crippen LogP) is 5.13. The van der Waals surface area contributed by atoms with Crippen molar-refractivity contribution in [1.82, 2.24) is 14.1 Å². The number of benzene rings is 2. The molecule has 3 aromatic heterocycles. The van der Waals surface area contributed by atoms with Gasteiger partial charge in [0.05, 0.1) is 35.3 Å². The first-order chi connectivity index (χ1) is 19.5.